The van der Waals surface area contributed by atoms with Gasteiger partial charge >= 0.3 is 0 Å². The average Bonchev–Trinajstić information content (AvgIpc) is 2.12. The second kappa shape index (κ2) is 17.1. The van der Waals surface area contributed by atoms with E-state index in [1.807, 2.05) is 0 Å². The molecule has 0 bridgehead atoms. The van der Waals surface area contributed by atoms with Gasteiger partial charge in [0, 0.05) is 26.4 Å². The molecule has 12 heavy (non-hydrogen) atoms. The minimum absolute atomic E-state index is 0.195. The third-order valence-electron chi connectivity index (χ3n) is 1.13. The van der Waals surface area contributed by atoms with Crippen molar-refractivity contribution in [2.75, 3.05) is 26.4 Å². The molecule has 0 saturated carbocycles. The molecule has 0 spiro atoms. The van der Waals surface area contributed by atoms with Gasteiger partial charge in [0.25, 0.3) is 0 Å². The molecule has 0 unspecified atom stereocenters. The molecule has 0 fully saturated rings. The molecule has 0 aromatic rings. The van der Waals surface area contributed by atoms with Crippen LogP contribution in [-0.2, 0) is 0 Å². The lowest BCUT2D eigenvalue weighted by atomic mass is 10.3. The van der Waals surface area contributed by atoms with Crippen LogP contribution < -0.4 is 0 Å². The van der Waals surface area contributed by atoms with Gasteiger partial charge in [0.05, 0.1) is 0 Å². The van der Waals surface area contributed by atoms with Crippen LogP contribution in [0.5, 0.6) is 0 Å². The lowest BCUT2D eigenvalue weighted by molar-refractivity contribution is 0.242. The van der Waals surface area contributed by atoms with Gasteiger partial charge in [-0.2, -0.15) is 0 Å². The Kier molecular flexibility index (Phi) is 20.4. The first-order chi connectivity index (χ1) is 5.83. The van der Waals surface area contributed by atoms with E-state index in [4.69, 9.17) is 20.4 Å². The molecule has 0 aliphatic rings. The van der Waals surface area contributed by atoms with Crippen LogP contribution >= 0.6 is 0 Å². The lowest BCUT2D eigenvalue weighted by Crippen LogP contribution is -1.85. The van der Waals surface area contributed by atoms with Gasteiger partial charge < -0.3 is 20.4 Å². The van der Waals surface area contributed by atoms with E-state index in [0.29, 0.717) is 0 Å². The number of unbranched alkanes of at least 4 members (excludes halogenated alkanes) is 2. The van der Waals surface area contributed by atoms with Crippen molar-refractivity contribution in [1.29, 1.82) is 0 Å². The van der Waals surface area contributed by atoms with Gasteiger partial charge in [0.15, 0.2) is 0 Å². The topological polar surface area (TPSA) is 80.9 Å². The molecule has 0 aromatic heterocycles. The first-order valence-corrected chi connectivity index (χ1v) is 4.26. The van der Waals surface area contributed by atoms with Gasteiger partial charge in [0.2, 0.25) is 0 Å². The van der Waals surface area contributed by atoms with Gasteiger partial charge in [-0.1, -0.05) is 0 Å². The maximum atomic E-state index is 8.09. The van der Waals surface area contributed by atoms with E-state index in [2.05, 4.69) is 0 Å². The van der Waals surface area contributed by atoms with Crippen LogP contribution in [0.3, 0.4) is 0 Å². The summed E-state index contributed by atoms with van der Waals surface area (Å²) in [5.41, 5.74) is 0. The third kappa shape index (κ3) is 22.5. The van der Waals surface area contributed by atoms with Crippen LogP contribution in [0.25, 0.3) is 0 Å². The van der Waals surface area contributed by atoms with Crippen LogP contribution in [0.2, 0.25) is 0 Å². The van der Waals surface area contributed by atoms with Crippen molar-refractivity contribution in [2.45, 2.75) is 25.7 Å². The van der Waals surface area contributed by atoms with Crippen LogP contribution in [0.1, 0.15) is 25.7 Å². The Balaban J connectivity index is 0. The van der Waals surface area contributed by atoms with Crippen molar-refractivity contribution < 1.29 is 20.4 Å². The Morgan fingerprint density at radius 1 is 0.417 bits per heavy atom. The molecule has 0 amide bonds. The summed E-state index contributed by atoms with van der Waals surface area (Å²) in [6.07, 6.45) is 2.88. The Morgan fingerprint density at radius 3 is 0.667 bits per heavy atom. The van der Waals surface area contributed by atoms with Crippen molar-refractivity contribution in [3.05, 3.63) is 0 Å². The van der Waals surface area contributed by atoms with Crippen molar-refractivity contribution >= 4 is 0 Å². The highest BCUT2D eigenvalue weighted by Crippen LogP contribution is 1.81. The monoisotopic (exact) mass is 180 g/mol. The third-order valence-corrected chi connectivity index (χ3v) is 1.13. The van der Waals surface area contributed by atoms with Crippen LogP contribution in [0, 0.1) is 0 Å². The van der Waals surface area contributed by atoms with E-state index in [1.54, 1.807) is 0 Å². The zero-order chi connectivity index (χ0) is 9.66. The summed E-state index contributed by atoms with van der Waals surface area (Å²) in [6, 6.07) is 0. The molecule has 4 heteroatoms. The maximum Gasteiger partial charge on any atom is 0.0431 e. The first-order valence-electron chi connectivity index (χ1n) is 4.26. The van der Waals surface area contributed by atoms with E-state index in [0.717, 1.165) is 25.7 Å². The van der Waals surface area contributed by atoms with Gasteiger partial charge in [0.1, 0.15) is 0 Å². The SMILES string of the molecule is OCCCCO.OCCCCO. The summed E-state index contributed by atoms with van der Waals surface area (Å²) in [4.78, 5) is 0. The van der Waals surface area contributed by atoms with Gasteiger partial charge in [-0.3, -0.25) is 0 Å². The summed E-state index contributed by atoms with van der Waals surface area (Å²) in [5.74, 6) is 0. The molecule has 0 aromatic carbocycles. The molecule has 0 heterocycles. The fourth-order valence-corrected chi connectivity index (χ4v) is 0.447. The average molecular weight is 180 g/mol. The molecule has 4 nitrogen and oxygen atoms in total. The highest BCUT2D eigenvalue weighted by molar-refractivity contribution is 4.31. The zero-order valence-corrected chi connectivity index (χ0v) is 7.45. The molecule has 0 saturated heterocycles. The van der Waals surface area contributed by atoms with Crippen molar-refractivity contribution in [1.82, 2.24) is 0 Å². The summed E-state index contributed by atoms with van der Waals surface area (Å²) in [5, 5.41) is 32.3. The summed E-state index contributed by atoms with van der Waals surface area (Å²) >= 11 is 0. The summed E-state index contributed by atoms with van der Waals surface area (Å²) in [6.45, 7) is 0.780. The largest absolute Gasteiger partial charge is 0.396 e. The molecule has 0 atom stereocenters. The van der Waals surface area contributed by atoms with E-state index < -0.39 is 0 Å². The van der Waals surface area contributed by atoms with Gasteiger partial charge in [-0.05, 0) is 25.7 Å². The normalized spacial score (nSPS) is 9.00. The van der Waals surface area contributed by atoms with E-state index in [1.165, 1.54) is 0 Å². The minimum atomic E-state index is 0.195. The van der Waals surface area contributed by atoms with Gasteiger partial charge in [-0.15, -0.1) is 0 Å². The summed E-state index contributed by atoms with van der Waals surface area (Å²) < 4.78 is 0. The molecule has 0 rings (SSSR count). The molecule has 4 N–H and O–H groups in total. The van der Waals surface area contributed by atoms with Crippen LogP contribution in [0.15, 0.2) is 0 Å². The molecule has 0 aliphatic heterocycles. The first kappa shape index (κ1) is 14.4. The Morgan fingerprint density at radius 2 is 0.583 bits per heavy atom. The van der Waals surface area contributed by atoms with Crippen LogP contribution in [0.4, 0.5) is 0 Å². The molecular formula is C8H20O4. The molecular weight excluding hydrogens is 160 g/mol. The van der Waals surface area contributed by atoms with E-state index in [9.17, 15) is 0 Å². The number of hydrogen-bond donors (Lipinski definition) is 4. The number of aliphatic hydroxyl groups excluding tert-OH is 4. The smallest absolute Gasteiger partial charge is 0.0431 e. The molecule has 76 valence electrons. The second-order valence-electron chi connectivity index (χ2n) is 2.31. The highest BCUT2D eigenvalue weighted by atomic mass is 16.3. The standard InChI is InChI=1S/2C4H10O2/c2*5-3-1-2-4-6/h2*5-6H,1-4H2. The fraction of sp³-hybridized carbons (Fsp3) is 1.00. The number of hydrogen-bond acceptors (Lipinski definition) is 4. The Labute approximate surface area is 73.5 Å². The number of aliphatic hydroxyl groups is 4. The Hall–Kier alpha value is -0.160. The molecule has 0 aliphatic carbocycles. The van der Waals surface area contributed by atoms with Crippen LogP contribution in [-0.4, -0.2) is 46.9 Å². The Bertz CT molecular complexity index is 43.0. The number of rotatable bonds is 6. The minimum Gasteiger partial charge on any atom is -0.396 e. The van der Waals surface area contributed by atoms with E-state index >= 15 is 0 Å². The maximum absolute atomic E-state index is 8.09. The lowest BCUT2D eigenvalue weighted by Gasteiger charge is -1.85. The fourth-order valence-electron chi connectivity index (χ4n) is 0.447. The van der Waals surface area contributed by atoms with E-state index in [-0.39, 0.29) is 26.4 Å². The van der Waals surface area contributed by atoms with Crippen molar-refractivity contribution in [3.63, 3.8) is 0 Å². The quantitative estimate of drug-likeness (QED) is 0.415. The second-order valence-corrected chi connectivity index (χ2v) is 2.31. The predicted molar refractivity (Wildman–Crippen MR) is 46.8 cm³/mol. The summed E-state index contributed by atoms with van der Waals surface area (Å²) in [7, 11) is 0. The van der Waals surface area contributed by atoms with Crippen molar-refractivity contribution in [3.8, 4) is 0 Å². The van der Waals surface area contributed by atoms with Gasteiger partial charge in [-0.25, -0.2) is 0 Å². The van der Waals surface area contributed by atoms with Crippen molar-refractivity contribution in [2.24, 2.45) is 0 Å². The predicted octanol–water partition coefficient (Wildman–Crippen LogP) is -0.498. The zero-order valence-electron chi connectivity index (χ0n) is 7.45. The molecule has 0 radical (unpaired) electrons. The highest BCUT2D eigenvalue weighted by Gasteiger charge is 1.77.